The quantitative estimate of drug-likeness (QED) is 0.247. The first kappa shape index (κ1) is 17.2. The first-order valence-electron chi connectivity index (χ1n) is 8.60. The molecule has 136 valence electrons. The summed E-state index contributed by atoms with van der Waals surface area (Å²) in [6.07, 6.45) is 0. The minimum Gasteiger partial charge on any atom is -0.276 e. The molecule has 0 bridgehead atoms. The van der Waals surface area contributed by atoms with Crippen LogP contribution in [-0.4, -0.2) is 26.0 Å². The van der Waals surface area contributed by atoms with E-state index >= 15 is 0 Å². The average molecular weight is 368 g/mol. The van der Waals surface area contributed by atoms with Crippen LogP contribution in [0.25, 0.3) is 5.69 Å². The van der Waals surface area contributed by atoms with E-state index in [-0.39, 0.29) is 5.95 Å². The van der Waals surface area contributed by atoms with Gasteiger partial charge < -0.3 is 0 Å². The fraction of sp³-hybridized carbons (Fsp3) is 0. The molecule has 1 heterocycles. The van der Waals surface area contributed by atoms with Crippen molar-refractivity contribution in [3.63, 3.8) is 0 Å². The van der Waals surface area contributed by atoms with E-state index in [0.717, 1.165) is 16.9 Å². The topological polar surface area (TPSA) is 92.7 Å². The summed E-state index contributed by atoms with van der Waals surface area (Å²) in [6, 6.07) is 28.7. The van der Waals surface area contributed by atoms with Crippen molar-refractivity contribution < 1.29 is 0 Å². The molecule has 0 fully saturated rings. The normalized spacial score (nSPS) is 11.6. The summed E-state index contributed by atoms with van der Waals surface area (Å²) in [5.41, 5.74) is 5.45. The summed E-state index contributed by atoms with van der Waals surface area (Å²) in [7, 11) is 0. The largest absolute Gasteiger partial charge is 0.292 e. The zero-order valence-corrected chi connectivity index (χ0v) is 14.8. The van der Waals surface area contributed by atoms with Crippen molar-refractivity contribution in [2.45, 2.75) is 0 Å². The Kier molecular flexibility index (Phi) is 5.20. The van der Waals surface area contributed by atoms with Gasteiger partial charge in [-0.1, -0.05) is 71.8 Å². The second-order valence-electron chi connectivity index (χ2n) is 5.71. The molecule has 0 saturated heterocycles. The van der Waals surface area contributed by atoms with Gasteiger partial charge in [-0.05, 0) is 34.7 Å². The molecule has 0 amide bonds. The molecule has 0 aliphatic heterocycles. The lowest BCUT2D eigenvalue weighted by atomic mass is 10.2. The molecule has 0 aliphatic rings. The highest BCUT2D eigenvalue weighted by atomic mass is 15.6. The van der Waals surface area contributed by atoms with E-state index in [1.807, 2.05) is 91.0 Å². The first-order chi connectivity index (χ1) is 13.9. The average Bonchev–Trinajstić information content (AvgIpc) is 3.24. The molecule has 28 heavy (non-hydrogen) atoms. The number of anilines is 1. The van der Waals surface area contributed by atoms with Gasteiger partial charge in [-0.25, -0.2) is 0 Å². The number of nitrogens with one attached hydrogen (secondary N) is 1. The van der Waals surface area contributed by atoms with Crippen LogP contribution in [0.1, 0.15) is 5.56 Å². The number of hydrazone groups is 1. The maximum Gasteiger partial charge on any atom is 0.292 e. The van der Waals surface area contributed by atoms with Crippen LogP contribution in [0.2, 0.25) is 0 Å². The minimum atomic E-state index is 0.259. The van der Waals surface area contributed by atoms with Crippen LogP contribution < -0.4 is 5.43 Å². The number of rotatable bonds is 5. The monoisotopic (exact) mass is 368 g/mol. The Morgan fingerprint density at radius 1 is 0.786 bits per heavy atom. The first-order valence-corrected chi connectivity index (χ1v) is 8.60. The maximum atomic E-state index is 4.39. The third-order valence-electron chi connectivity index (χ3n) is 3.78. The molecule has 0 aliphatic carbocycles. The molecule has 4 aromatic rings. The van der Waals surface area contributed by atoms with Gasteiger partial charge in [0.05, 0.1) is 11.4 Å². The van der Waals surface area contributed by atoms with Crippen molar-refractivity contribution in [3.8, 4) is 5.69 Å². The molecular weight excluding hydrogens is 352 g/mol. The van der Waals surface area contributed by atoms with E-state index in [9.17, 15) is 0 Å². The van der Waals surface area contributed by atoms with E-state index in [1.54, 1.807) is 0 Å². The molecule has 8 nitrogen and oxygen atoms in total. The Labute approximate surface area is 161 Å². The Hall–Kier alpha value is -4.20. The Morgan fingerprint density at radius 2 is 1.43 bits per heavy atom. The lowest BCUT2D eigenvalue weighted by Crippen LogP contribution is -2.01. The molecule has 3 aromatic carbocycles. The summed E-state index contributed by atoms with van der Waals surface area (Å²) < 4.78 is 1.51. The van der Waals surface area contributed by atoms with Gasteiger partial charge in [0, 0.05) is 5.56 Å². The highest BCUT2D eigenvalue weighted by Gasteiger charge is 2.08. The van der Waals surface area contributed by atoms with Crippen molar-refractivity contribution in [3.05, 3.63) is 96.6 Å². The van der Waals surface area contributed by atoms with Crippen molar-refractivity contribution in [2.24, 2.45) is 15.3 Å². The Bertz CT molecular complexity index is 1070. The van der Waals surface area contributed by atoms with Crippen LogP contribution in [0.3, 0.4) is 0 Å². The van der Waals surface area contributed by atoms with Gasteiger partial charge in [0.1, 0.15) is 0 Å². The predicted molar refractivity (Wildman–Crippen MR) is 107 cm³/mol. The molecule has 1 N–H and O–H groups in total. The predicted octanol–water partition coefficient (Wildman–Crippen LogP) is 4.22. The van der Waals surface area contributed by atoms with Gasteiger partial charge >= 0.3 is 0 Å². The van der Waals surface area contributed by atoms with Gasteiger partial charge in [0.25, 0.3) is 5.95 Å². The number of hydrogen-bond donors (Lipinski definition) is 1. The van der Waals surface area contributed by atoms with E-state index in [1.165, 1.54) is 4.68 Å². The number of amidine groups is 1. The van der Waals surface area contributed by atoms with E-state index in [2.05, 4.69) is 36.3 Å². The molecule has 0 unspecified atom stereocenters. The standard InChI is InChI=1S/C20H16N8/c1-4-10-16(11-5-1)19(22-21-17-12-6-2-7-13-17)23-24-20-25-26-27-28(20)18-14-8-3-9-15-18/h1-15,21H/b22-19+,24-23?. The van der Waals surface area contributed by atoms with Crippen molar-refractivity contribution in [1.29, 1.82) is 0 Å². The molecule has 4 rings (SSSR count). The Balaban J connectivity index is 1.64. The lowest BCUT2D eigenvalue weighted by Gasteiger charge is -2.03. The van der Waals surface area contributed by atoms with Crippen molar-refractivity contribution in [1.82, 2.24) is 20.2 Å². The smallest absolute Gasteiger partial charge is 0.276 e. The zero-order chi connectivity index (χ0) is 19.0. The maximum absolute atomic E-state index is 4.39. The SMILES string of the molecule is c1ccc(N/N=C(/N=Nc2nnnn2-c2ccccc2)c2ccccc2)cc1. The van der Waals surface area contributed by atoms with E-state index in [0.29, 0.717) is 5.84 Å². The highest BCUT2D eigenvalue weighted by Crippen LogP contribution is 2.15. The number of benzene rings is 3. The second-order valence-corrected chi connectivity index (χ2v) is 5.71. The summed E-state index contributed by atoms with van der Waals surface area (Å²) in [6.45, 7) is 0. The van der Waals surface area contributed by atoms with Crippen LogP contribution >= 0.6 is 0 Å². The number of tetrazole rings is 1. The molecule has 8 heteroatoms. The number of para-hydroxylation sites is 2. The van der Waals surface area contributed by atoms with Gasteiger partial charge in [0.15, 0.2) is 0 Å². The van der Waals surface area contributed by atoms with Gasteiger partial charge in [-0.2, -0.15) is 9.78 Å². The number of aromatic nitrogens is 4. The fourth-order valence-electron chi connectivity index (χ4n) is 2.44. The zero-order valence-electron chi connectivity index (χ0n) is 14.8. The highest BCUT2D eigenvalue weighted by molar-refractivity contribution is 5.99. The summed E-state index contributed by atoms with van der Waals surface area (Å²) in [4.78, 5) is 0. The third kappa shape index (κ3) is 4.13. The molecule has 1 aromatic heterocycles. The number of nitrogens with zero attached hydrogens (tertiary/aromatic N) is 7. The molecule has 0 spiro atoms. The van der Waals surface area contributed by atoms with Gasteiger partial charge in [0.2, 0.25) is 5.84 Å². The van der Waals surface area contributed by atoms with Crippen LogP contribution in [0.5, 0.6) is 0 Å². The number of azo groups is 1. The minimum absolute atomic E-state index is 0.259. The third-order valence-corrected chi connectivity index (χ3v) is 3.78. The Morgan fingerprint density at radius 3 is 2.14 bits per heavy atom. The molecule has 0 radical (unpaired) electrons. The summed E-state index contributed by atoms with van der Waals surface area (Å²) in [5, 5.41) is 24.5. The molecular formula is C20H16N8. The van der Waals surface area contributed by atoms with Crippen LogP contribution in [0, 0.1) is 0 Å². The fourth-order valence-corrected chi connectivity index (χ4v) is 2.44. The second kappa shape index (κ2) is 8.45. The van der Waals surface area contributed by atoms with Crippen LogP contribution in [0.4, 0.5) is 11.6 Å². The van der Waals surface area contributed by atoms with Crippen molar-refractivity contribution >= 4 is 17.5 Å². The van der Waals surface area contributed by atoms with E-state index in [4.69, 9.17) is 0 Å². The molecule has 0 atom stereocenters. The van der Waals surface area contributed by atoms with E-state index < -0.39 is 0 Å². The molecule has 0 saturated carbocycles. The van der Waals surface area contributed by atoms with Crippen LogP contribution in [0.15, 0.2) is 106 Å². The summed E-state index contributed by atoms with van der Waals surface area (Å²) >= 11 is 0. The van der Waals surface area contributed by atoms with Gasteiger partial charge in [-0.3, -0.25) is 5.43 Å². The van der Waals surface area contributed by atoms with Crippen molar-refractivity contribution in [2.75, 3.05) is 5.43 Å². The van der Waals surface area contributed by atoms with Gasteiger partial charge in [-0.15, -0.1) is 10.2 Å². The lowest BCUT2D eigenvalue weighted by molar-refractivity contribution is 0.788. The number of hydrogen-bond acceptors (Lipinski definition) is 6. The van der Waals surface area contributed by atoms with Crippen LogP contribution in [-0.2, 0) is 0 Å². The summed E-state index contributed by atoms with van der Waals surface area (Å²) in [5.74, 6) is 0.668.